The summed E-state index contributed by atoms with van der Waals surface area (Å²) in [6.07, 6.45) is 2.09. The van der Waals surface area contributed by atoms with E-state index >= 15 is 0 Å². The van der Waals surface area contributed by atoms with Gasteiger partial charge in [0.15, 0.2) is 15.7 Å². The molecule has 27 heavy (non-hydrogen) atoms. The number of methoxy groups -OCH3 is 1. The number of hydrogen-bond acceptors (Lipinski definition) is 6. The Bertz CT molecular complexity index is 1020. The van der Waals surface area contributed by atoms with E-state index in [9.17, 15) is 8.42 Å². The Kier molecular flexibility index (Phi) is 4.47. The van der Waals surface area contributed by atoms with Crippen LogP contribution in [0.25, 0.3) is 0 Å². The summed E-state index contributed by atoms with van der Waals surface area (Å²) in [6, 6.07) is 16.3. The van der Waals surface area contributed by atoms with Crippen molar-refractivity contribution in [3.05, 3.63) is 71.9 Å². The average molecular weight is 384 g/mol. The highest BCUT2D eigenvalue weighted by Gasteiger charge is 2.50. The molecule has 3 aromatic rings. The monoisotopic (exact) mass is 384 g/mol. The second-order valence-corrected chi connectivity index (χ2v) is 8.82. The second-order valence-electron chi connectivity index (χ2n) is 6.71. The molecular formula is C20H20N2O4S. The molecule has 1 aromatic heterocycles. The molecule has 0 saturated heterocycles. The molecule has 0 atom stereocenters. The Morgan fingerprint density at radius 3 is 2.41 bits per heavy atom. The van der Waals surface area contributed by atoms with E-state index in [1.807, 2.05) is 24.3 Å². The zero-order chi connectivity index (χ0) is 18.9. The van der Waals surface area contributed by atoms with Crippen molar-refractivity contribution in [1.29, 1.82) is 0 Å². The highest BCUT2D eigenvalue weighted by atomic mass is 32.2. The number of hydrogen-bond donors (Lipinski definition) is 0. The standard InChI is InChI=1S/C20H20N2O4S/c1-25-16-9-7-15(8-10-16)20(12-13-20)19-21-18(22-26-19)11-14-27(23,24)17-5-3-2-4-6-17/h2-10H,11-14H2,1H3. The smallest absolute Gasteiger partial charge is 0.237 e. The normalized spacial score (nSPS) is 15.4. The van der Waals surface area contributed by atoms with Crippen LogP contribution in [-0.4, -0.2) is 31.4 Å². The number of rotatable bonds is 7. The molecule has 1 saturated carbocycles. The highest BCUT2D eigenvalue weighted by Crippen LogP contribution is 2.53. The number of aromatic nitrogens is 2. The molecule has 140 valence electrons. The third-order valence-corrected chi connectivity index (χ3v) is 6.70. The quantitative estimate of drug-likeness (QED) is 0.622. The van der Waals surface area contributed by atoms with Crippen molar-refractivity contribution in [3.8, 4) is 5.75 Å². The van der Waals surface area contributed by atoms with Gasteiger partial charge in [-0.25, -0.2) is 8.42 Å². The minimum atomic E-state index is -3.36. The molecule has 1 aliphatic carbocycles. The summed E-state index contributed by atoms with van der Waals surface area (Å²) < 4.78 is 35.5. The Balaban J connectivity index is 1.49. The summed E-state index contributed by atoms with van der Waals surface area (Å²) >= 11 is 0. The molecule has 0 radical (unpaired) electrons. The maximum Gasteiger partial charge on any atom is 0.237 e. The van der Waals surface area contributed by atoms with Crippen LogP contribution in [0, 0.1) is 0 Å². The fourth-order valence-corrected chi connectivity index (χ4v) is 4.44. The van der Waals surface area contributed by atoms with Crippen molar-refractivity contribution in [2.75, 3.05) is 12.9 Å². The van der Waals surface area contributed by atoms with Crippen molar-refractivity contribution in [2.24, 2.45) is 0 Å². The van der Waals surface area contributed by atoms with Crippen LogP contribution in [0.1, 0.15) is 30.1 Å². The Labute approximate surface area is 158 Å². The van der Waals surface area contributed by atoms with Crippen molar-refractivity contribution >= 4 is 9.84 Å². The van der Waals surface area contributed by atoms with Crippen LogP contribution < -0.4 is 4.74 Å². The van der Waals surface area contributed by atoms with Crippen LogP contribution in [0.2, 0.25) is 0 Å². The lowest BCUT2D eigenvalue weighted by Crippen LogP contribution is -2.11. The van der Waals surface area contributed by atoms with Crippen molar-refractivity contribution in [2.45, 2.75) is 29.6 Å². The third kappa shape index (κ3) is 3.47. The second kappa shape index (κ2) is 6.81. The molecule has 2 aromatic carbocycles. The number of benzene rings is 2. The summed E-state index contributed by atoms with van der Waals surface area (Å²) in [5.41, 5.74) is 0.853. The summed E-state index contributed by atoms with van der Waals surface area (Å²) in [5.74, 6) is 1.72. The molecule has 7 heteroatoms. The van der Waals surface area contributed by atoms with Crippen LogP contribution in [-0.2, 0) is 21.7 Å². The van der Waals surface area contributed by atoms with Gasteiger partial charge in [-0.15, -0.1) is 0 Å². The van der Waals surface area contributed by atoms with Gasteiger partial charge in [-0.05, 0) is 42.7 Å². The fourth-order valence-electron chi connectivity index (χ4n) is 3.18. The van der Waals surface area contributed by atoms with E-state index in [4.69, 9.17) is 9.26 Å². The van der Waals surface area contributed by atoms with Gasteiger partial charge in [-0.2, -0.15) is 4.98 Å². The zero-order valence-corrected chi connectivity index (χ0v) is 15.8. The number of sulfone groups is 1. The Morgan fingerprint density at radius 1 is 1.07 bits per heavy atom. The van der Waals surface area contributed by atoms with E-state index in [-0.39, 0.29) is 17.6 Å². The minimum absolute atomic E-state index is 0.0501. The van der Waals surface area contributed by atoms with Gasteiger partial charge in [0.25, 0.3) is 0 Å². The summed E-state index contributed by atoms with van der Waals surface area (Å²) in [4.78, 5) is 4.80. The molecule has 0 spiro atoms. The maximum absolute atomic E-state index is 12.4. The molecule has 1 heterocycles. The molecule has 0 unspecified atom stereocenters. The van der Waals surface area contributed by atoms with Gasteiger partial charge in [0, 0.05) is 6.42 Å². The van der Waals surface area contributed by atoms with E-state index in [0.717, 1.165) is 24.2 Å². The predicted octanol–water partition coefficient (Wildman–Crippen LogP) is 3.17. The molecule has 1 aliphatic rings. The van der Waals surface area contributed by atoms with Crippen LogP contribution >= 0.6 is 0 Å². The van der Waals surface area contributed by atoms with Crippen LogP contribution in [0.5, 0.6) is 5.75 Å². The summed E-state index contributed by atoms with van der Waals surface area (Å²) in [5, 5.41) is 4.00. The van der Waals surface area contributed by atoms with E-state index in [0.29, 0.717) is 16.6 Å². The zero-order valence-electron chi connectivity index (χ0n) is 15.0. The van der Waals surface area contributed by atoms with Gasteiger partial charge in [0.1, 0.15) is 5.75 Å². The van der Waals surface area contributed by atoms with E-state index < -0.39 is 9.84 Å². The first-order valence-corrected chi connectivity index (χ1v) is 10.4. The molecule has 1 fully saturated rings. The van der Waals surface area contributed by atoms with E-state index in [2.05, 4.69) is 10.1 Å². The predicted molar refractivity (Wildman–Crippen MR) is 99.5 cm³/mol. The van der Waals surface area contributed by atoms with Crippen molar-refractivity contribution in [1.82, 2.24) is 10.1 Å². The first-order chi connectivity index (χ1) is 13.0. The SMILES string of the molecule is COc1ccc(C2(c3nc(CCS(=O)(=O)c4ccccc4)no3)CC2)cc1. The lowest BCUT2D eigenvalue weighted by Gasteiger charge is -2.11. The van der Waals surface area contributed by atoms with Crippen LogP contribution in [0.3, 0.4) is 0 Å². The highest BCUT2D eigenvalue weighted by molar-refractivity contribution is 7.91. The molecule has 4 rings (SSSR count). The molecule has 0 N–H and O–H groups in total. The number of ether oxygens (including phenoxy) is 1. The van der Waals surface area contributed by atoms with Gasteiger partial charge in [0.2, 0.25) is 5.89 Å². The average Bonchev–Trinajstić information content (AvgIpc) is 3.38. The molecular weight excluding hydrogens is 364 g/mol. The largest absolute Gasteiger partial charge is 0.497 e. The lowest BCUT2D eigenvalue weighted by atomic mass is 9.96. The van der Waals surface area contributed by atoms with Gasteiger partial charge in [-0.1, -0.05) is 35.5 Å². The fraction of sp³-hybridized carbons (Fsp3) is 0.300. The molecule has 0 aliphatic heterocycles. The molecule has 0 bridgehead atoms. The first-order valence-electron chi connectivity index (χ1n) is 8.79. The van der Waals surface area contributed by atoms with Gasteiger partial charge >= 0.3 is 0 Å². The third-order valence-electron chi connectivity index (χ3n) is 4.97. The summed E-state index contributed by atoms with van der Waals surface area (Å²) in [6.45, 7) is 0. The van der Waals surface area contributed by atoms with E-state index in [1.165, 1.54) is 0 Å². The minimum Gasteiger partial charge on any atom is -0.497 e. The lowest BCUT2D eigenvalue weighted by molar-refractivity contribution is 0.355. The van der Waals surface area contributed by atoms with Crippen molar-refractivity contribution < 1.29 is 17.7 Å². The Morgan fingerprint density at radius 2 is 1.78 bits per heavy atom. The van der Waals surface area contributed by atoms with Crippen LogP contribution in [0.4, 0.5) is 0 Å². The Hall–Kier alpha value is -2.67. The van der Waals surface area contributed by atoms with E-state index in [1.54, 1.807) is 37.4 Å². The number of aryl methyl sites for hydroxylation is 1. The molecule has 0 amide bonds. The van der Waals surface area contributed by atoms with Gasteiger partial charge in [0.05, 0.1) is 23.2 Å². The number of nitrogens with zero attached hydrogens (tertiary/aromatic N) is 2. The van der Waals surface area contributed by atoms with Crippen molar-refractivity contribution in [3.63, 3.8) is 0 Å². The van der Waals surface area contributed by atoms with Crippen LogP contribution in [0.15, 0.2) is 64.0 Å². The van der Waals surface area contributed by atoms with Gasteiger partial charge in [-0.3, -0.25) is 0 Å². The molecule has 6 nitrogen and oxygen atoms in total. The topological polar surface area (TPSA) is 82.3 Å². The maximum atomic E-state index is 12.4. The first kappa shape index (κ1) is 17.7. The van der Waals surface area contributed by atoms with Gasteiger partial charge < -0.3 is 9.26 Å². The summed E-state index contributed by atoms with van der Waals surface area (Å²) in [7, 11) is -1.73.